The molecule has 3 aromatic heterocycles. The molecule has 3 aromatic rings. The molecule has 1 fully saturated rings. The molecule has 0 aromatic carbocycles. The van der Waals surface area contributed by atoms with Crippen LogP contribution in [0.1, 0.15) is 12.6 Å². The third-order valence-corrected chi connectivity index (χ3v) is 4.89. The number of rotatable bonds is 5. The van der Waals surface area contributed by atoms with Crippen LogP contribution in [0.3, 0.4) is 0 Å². The van der Waals surface area contributed by atoms with Gasteiger partial charge >= 0.3 is 0 Å². The number of aromatic nitrogens is 4. The average Bonchev–Trinajstić information content (AvgIpc) is 3.09. The first-order valence-electron chi connectivity index (χ1n) is 9.17. The molecule has 1 aliphatic rings. The minimum absolute atomic E-state index is 0.166. The Morgan fingerprint density at radius 2 is 2.22 bits per heavy atom. The average molecular weight is 365 g/mol. The van der Waals surface area contributed by atoms with Crippen LogP contribution in [0.2, 0.25) is 0 Å². The molecule has 4 heterocycles. The van der Waals surface area contributed by atoms with Gasteiger partial charge in [0, 0.05) is 48.7 Å². The minimum atomic E-state index is 0.166. The Kier molecular flexibility index (Phi) is 4.96. The minimum Gasteiger partial charge on any atom is -0.379 e. The van der Waals surface area contributed by atoms with E-state index < -0.39 is 0 Å². The van der Waals surface area contributed by atoms with Crippen molar-refractivity contribution in [2.75, 3.05) is 26.3 Å². The van der Waals surface area contributed by atoms with Crippen molar-refractivity contribution in [3.63, 3.8) is 0 Å². The second-order valence-electron chi connectivity index (χ2n) is 7.08. The Hall–Kier alpha value is -2.64. The molecule has 0 amide bonds. The van der Waals surface area contributed by atoms with E-state index in [1.165, 1.54) is 0 Å². The van der Waals surface area contributed by atoms with Crippen molar-refractivity contribution in [2.45, 2.75) is 19.4 Å². The number of pyridine rings is 2. The number of nitrogens with zero attached hydrogens (tertiary/aromatic N) is 5. The second-order valence-corrected chi connectivity index (χ2v) is 7.08. The van der Waals surface area contributed by atoms with E-state index in [0.29, 0.717) is 26.2 Å². The van der Waals surface area contributed by atoms with Gasteiger partial charge in [0.25, 0.3) is 0 Å². The molecule has 0 saturated carbocycles. The van der Waals surface area contributed by atoms with Crippen LogP contribution in [0.25, 0.3) is 22.2 Å². The molecule has 0 aliphatic carbocycles. The zero-order valence-electron chi connectivity index (χ0n) is 15.6. The lowest BCUT2D eigenvalue weighted by atomic mass is 10.1. The fourth-order valence-electron chi connectivity index (χ4n) is 3.35. The summed E-state index contributed by atoms with van der Waals surface area (Å²) in [5.41, 5.74) is 3.43. The fraction of sp³-hybridized carbons (Fsp3) is 0.400. The van der Waals surface area contributed by atoms with Crippen molar-refractivity contribution < 1.29 is 9.53 Å². The Morgan fingerprint density at radius 3 is 3.00 bits per heavy atom. The highest BCUT2D eigenvalue weighted by Crippen LogP contribution is 2.20. The normalized spacial score (nSPS) is 18.1. The zero-order valence-corrected chi connectivity index (χ0v) is 15.6. The van der Waals surface area contributed by atoms with Crippen molar-refractivity contribution in [3.8, 4) is 11.3 Å². The van der Waals surface area contributed by atoms with Gasteiger partial charge in [-0.05, 0) is 25.1 Å². The lowest BCUT2D eigenvalue weighted by Crippen LogP contribution is -2.46. The molecule has 4 rings (SSSR count). The number of Topliss-reactive ketones (excluding diaryl/α,β-unsaturated/α-hetero) is 1. The first-order chi connectivity index (χ1) is 13.1. The van der Waals surface area contributed by atoms with Crippen molar-refractivity contribution in [2.24, 2.45) is 7.05 Å². The lowest BCUT2D eigenvalue weighted by molar-refractivity contribution is -0.121. The summed E-state index contributed by atoms with van der Waals surface area (Å²) in [5, 5.41) is 5.16. The molecule has 1 aliphatic heterocycles. The molecule has 7 heteroatoms. The standard InChI is InChI=1S/C20H23N5O2/c1-14-13-27-6-5-25(14)12-18(26)7-17-8-20-15(9-21-17)3-4-19(23-20)16-10-22-24(2)11-16/h3-4,8-11,14H,5-7,12-13H2,1-2H3/t14-/m0/s1. The number of aryl methyl sites for hydroxylation is 1. The third-order valence-electron chi connectivity index (χ3n) is 4.89. The van der Waals surface area contributed by atoms with Gasteiger partial charge in [0.15, 0.2) is 5.78 Å². The topological polar surface area (TPSA) is 73.1 Å². The van der Waals surface area contributed by atoms with Crippen LogP contribution in [-0.4, -0.2) is 62.8 Å². The quantitative estimate of drug-likeness (QED) is 0.687. The van der Waals surface area contributed by atoms with E-state index >= 15 is 0 Å². The molecule has 140 valence electrons. The zero-order chi connectivity index (χ0) is 18.8. The predicted octanol–water partition coefficient (Wildman–Crippen LogP) is 1.86. The molecule has 0 radical (unpaired) electrons. The largest absolute Gasteiger partial charge is 0.379 e. The maximum atomic E-state index is 12.5. The van der Waals surface area contributed by atoms with Crippen LogP contribution in [0, 0.1) is 0 Å². The lowest BCUT2D eigenvalue weighted by Gasteiger charge is -2.32. The number of ketones is 1. The summed E-state index contributed by atoms with van der Waals surface area (Å²) >= 11 is 0. The molecule has 0 N–H and O–H groups in total. The van der Waals surface area contributed by atoms with Gasteiger partial charge in [0.2, 0.25) is 0 Å². The maximum absolute atomic E-state index is 12.5. The number of ether oxygens (including phenoxy) is 1. The maximum Gasteiger partial charge on any atom is 0.152 e. The van der Waals surface area contributed by atoms with Crippen molar-refractivity contribution >= 4 is 16.7 Å². The van der Waals surface area contributed by atoms with Crippen LogP contribution in [0.15, 0.2) is 36.8 Å². The molecule has 0 bridgehead atoms. The van der Waals surface area contributed by atoms with E-state index in [4.69, 9.17) is 9.72 Å². The Morgan fingerprint density at radius 1 is 1.33 bits per heavy atom. The smallest absolute Gasteiger partial charge is 0.152 e. The van der Waals surface area contributed by atoms with E-state index in [0.717, 1.165) is 34.4 Å². The molecule has 1 atom stereocenters. The van der Waals surface area contributed by atoms with Crippen molar-refractivity contribution in [1.29, 1.82) is 0 Å². The number of hydrogen-bond donors (Lipinski definition) is 0. The van der Waals surface area contributed by atoms with Crippen molar-refractivity contribution in [3.05, 3.63) is 42.5 Å². The Balaban J connectivity index is 1.51. The van der Waals surface area contributed by atoms with Crippen LogP contribution < -0.4 is 0 Å². The summed E-state index contributed by atoms with van der Waals surface area (Å²) in [7, 11) is 1.88. The van der Waals surface area contributed by atoms with Gasteiger partial charge in [0.1, 0.15) is 0 Å². The van der Waals surface area contributed by atoms with Gasteiger partial charge < -0.3 is 4.74 Å². The van der Waals surface area contributed by atoms with Crippen LogP contribution in [0.5, 0.6) is 0 Å². The number of carbonyl (C=O) groups is 1. The van der Waals surface area contributed by atoms with E-state index in [2.05, 4.69) is 21.9 Å². The van der Waals surface area contributed by atoms with E-state index in [-0.39, 0.29) is 11.8 Å². The van der Waals surface area contributed by atoms with Crippen LogP contribution in [0.4, 0.5) is 0 Å². The summed E-state index contributed by atoms with van der Waals surface area (Å²) in [6.07, 6.45) is 5.83. The molecule has 0 unspecified atom stereocenters. The van der Waals surface area contributed by atoms with Gasteiger partial charge in [0.05, 0.1) is 43.6 Å². The number of hydrogen-bond acceptors (Lipinski definition) is 6. The third kappa shape index (κ3) is 4.04. The molecular weight excluding hydrogens is 342 g/mol. The van der Waals surface area contributed by atoms with Gasteiger partial charge in [-0.1, -0.05) is 0 Å². The molecule has 0 spiro atoms. The Bertz CT molecular complexity index is 968. The van der Waals surface area contributed by atoms with Gasteiger partial charge in [-0.3, -0.25) is 19.4 Å². The Labute approximate surface area is 158 Å². The van der Waals surface area contributed by atoms with Gasteiger partial charge in [-0.25, -0.2) is 4.98 Å². The first-order valence-corrected chi connectivity index (χ1v) is 9.17. The molecule has 7 nitrogen and oxygen atoms in total. The number of morpholine rings is 1. The predicted molar refractivity (Wildman–Crippen MR) is 102 cm³/mol. The van der Waals surface area contributed by atoms with Crippen molar-refractivity contribution in [1.82, 2.24) is 24.6 Å². The highest BCUT2D eigenvalue weighted by Gasteiger charge is 2.21. The van der Waals surface area contributed by atoms with Crippen LogP contribution >= 0.6 is 0 Å². The van der Waals surface area contributed by atoms with Gasteiger partial charge in [-0.15, -0.1) is 0 Å². The fourth-order valence-corrected chi connectivity index (χ4v) is 3.35. The number of fused-ring (bicyclic) bond motifs is 1. The molecular formula is C20H23N5O2. The number of carbonyl (C=O) groups excluding carboxylic acids is 1. The summed E-state index contributed by atoms with van der Waals surface area (Å²) in [4.78, 5) is 23.8. The molecule has 27 heavy (non-hydrogen) atoms. The van der Waals surface area contributed by atoms with E-state index in [1.54, 1.807) is 17.1 Å². The summed E-state index contributed by atoms with van der Waals surface area (Å²) in [6.45, 7) is 4.70. The SMILES string of the molecule is C[C@H]1COCCN1CC(=O)Cc1cc2nc(-c3cnn(C)c3)ccc2cn1. The summed E-state index contributed by atoms with van der Waals surface area (Å²) < 4.78 is 7.18. The van der Waals surface area contributed by atoms with E-state index in [1.807, 2.05) is 31.4 Å². The summed E-state index contributed by atoms with van der Waals surface area (Å²) in [6, 6.07) is 6.15. The first kappa shape index (κ1) is 17.8. The summed E-state index contributed by atoms with van der Waals surface area (Å²) in [5.74, 6) is 0.166. The van der Waals surface area contributed by atoms with Crippen LogP contribution in [-0.2, 0) is 23.0 Å². The monoisotopic (exact) mass is 365 g/mol. The molecule has 1 saturated heterocycles. The van der Waals surface area contributed by atoms with E-state index in [9.17, 15) is 4.79 Å². The van der Waals surface area contributed by atoms with Gasteiger partial charge in [-0.2, -0.15) is 5.10 Å². The second kappa shape index (κ2) is 7.54. The highest BCUT2D eigenvalue weighted by molar-refractivity contribution is 5.85. The highest BCUT2D eigenvalue weighted by atomic mass is 16.5.